The molecule has 6 nitrogen and oxygen atoms in total. The predicted molar refractivity (Wildman–Crippen MR) is 106 cm³/mol. The average Bonchev–Trinajstić information content (AvgIpc) is 3.17. The molecule has 0 spiro atoms. The second kappa shape index (κ2) is 9.14. The van der Waals surface area contributed by atoms with Gasteiger partial charge in [-0.25, -0.2) is 4.68 Å². The number of aryl methyl sites for hydroxylation is 1. The van der Waals surface area contributed by atoms with Gasteiger partial charge in [-0.2, -0.15) is 5.10 Å². The molecule has 142 valence electrons. The minimum absolute atomic E-state index is 0. The van der Waals surface area contributed by atoms with Crippen molar-refractivity contribution in [1.29, 1.82) is 0 Å². The quantitative estimate of drug-likeness (QED) is 0.784. The van der Waals surface area contributed by atoms with Gasteiger partial charge in [-0.15, -0.1) is 12.4 Å². The van der Waals surface area contributed by atoms with Gasteiger partial charge in [-0.05, 0) is 25.5 Å². The lowest BCUT2D eigenvalue weighted by Gasteiger charge is -2.24. The Morgan fingerprint density at radius 2 is 2.04 bits per heavy atom. The zero-order valence-corrected chi connectivity index (χ0v) is 16.2. The SMILES string of the molecule is CCCCCn1nc(C(=O)N(C)C2CCNC2)c2ccccc2c1=O.Cl. The molecule has 2 aromatic rings. The van der Waals surface area contributed by atoms with E-state index >= 15 is 0 Å². The summed E-state index contributed by atoms with van der Waals surface area (Å²) in [4.78, 5) is 27.5. The number of likely N-dealkylation sites (N-methyl/N-ethyl adjacent to an activating group) is 1. The molecule has 7 heteroatoms. The van der Waals surface area contributed by atoms with Crippen LogP contribution in [0.1, 0.15) is 43.1 Å². The van der Waals surface area contributed by atoms with E-state index in [0.717, 1.165) is 38.8 Å². The van der Waals surface area contributed by atoms with Crippen LogP contribution in [0, 0.1) is 0 Å². The number of aromatic nitrogens is 2. The van der Waals surface area contributed by atoms with Crippen molar-refractivity contribution < 1.29 is 4.79 Å². The number of nitrogens with zero attached hydrogens (tertiary/aromatic N) is 3. The molecule has 1 aliphatic heterocycles. The first-order valence-electron chi connectivity index (χ1n) is 9.11. The van der Waals surface area contributed by atoms with Crippen LogP contribution in [0.25, 0.3) is 10.8 Å². The lowest BCUT2D eigenvalue weighted by atomic mass is 10.1. The molecule has 1 atom stereocenters. The van der Waals surface area contributed by atoms with Crippen molar-refractivity contribution in [2.45, 2.75) is 45.2 Å². The monoisotopic (exact) mass is 378 g/mol. The predicted octanol–water partition coefficient (Wildman–Crippen LogP) is 2.44. The summed E-state index contributed by atoms with van der Waals surface area (Å²) < 4.78 is 1.46. The van der Waals surface area contributed by atoms with Crippen molar-refractivity contribution in [1.82, 2.24) is 20.0 Å². The van der Waals surface area contributed by atoms with Crippen molar-refractivity contribution in [3.05, 3.63) is 40.3 Å². The number of hydrogen-bond donors (Lipinski definition) is 1. The fourth-order valence-corrected chi connectivity index (χ4v) is 3.36. The molecule has 1 saturated heterocycles. The summed E-state index contributed by atoms with van der Waals surface area (Å²) in [6.07, 6.45) is 3.94. The van der Waals surface area contributed by atoms with Crippen LogP contribution < -0.4 is 10.9 Å². The van der Waals surface area contributed by atoms with E-state index in [0.29, 0.717) is 23.0 Å². The number of halogens is 1. The minimum atomic E-state index is -0.117. The van der Waals surface area contributed by atoms with Crippen molar-refractivity contribution in [2.24, 2.45) is 0 Å². The van der Waals surface area contributed by atoms with Crippen LogP contribution in [0.2, 0.25) is 0 Å². The van der Waals surface area contributed by atoms with E-state index in [2.05, 4.69) is 17.3 Å². The maximum Gasteiger partial charge on any atom is 0.274 e. The maximum atomic E-state index is 13.1. The third-order valence-corrected chi connectivity index (χ3v) is 4.95. The van der Waals surface area contributed by atoms with Gasteiger partial charge in [0.15, 0.2) is 5.69 Å². The number of amides is 1. The third-order valence-electron chi connectivity index (χ3n) is 4.95. The number of carbonyl (C=O) groups is 1. The Morgan fingerprint density at radius 1 is 1.31 bits per heavy atom. The first-order valence-corrected chi connectivity index (χ1v) is 9.11. The Morgan fingerprint density at radius 3 is 2.69 bits per heavy atom. The number of fused-ring (bicyclic) bond motifs is 1. The zero-order valence-electron chi connectivity index (χ0n) is 15.4. The molecule has 1 unspecified atom stereocenters. The molecule has 1 N–H and O–H groups in total. The van der Waals surface area contributed by atoms with E-state index in [9.17, 15) is 9.59 Å². The Bertz CT molecular complexity index is 815. The summed E-state index contributed by atoms with van der Waals surface area (Å²) in [5.41, 5.74) is 0.259. The summed E-state index contributed by atoms with van der Waals surface area (Å²) in [5.74, 6) is -0.117. The second-order valence-corrected chi connectivity index (χ2v) is 6.69. The fraction of sp³-hybridized carbons (Fsp3) is 0.526. The third kappa shape index (κ3) is 4.07. The van der Waals surface area contributed by atoms with Gasteiger partial charge in [0.2, 0.25) is 0 Å². The standard InChI is InChI=1S/C19H26N4O2.ClH/c1-3-4-7-12-23-18(24)16-9-6-5-8-15(16)17(21-23)19(25)22(2)14-10-11-20-13-14;/h5-6,8-9,14,20H,3-4,7,10-13H2,1-2H3;1H. The van der Waals surface area contributed by atoms with Crippen molar-refractivity contribution >= 4 is 29.1 Å². The lowest BCUT2D eigenvalue weighted by Crippen LogP contribution is -2.40. The van der Waals surface area contributed by atoms with Crippen molar-refractivity contribution in [2.75, 3.05) is 20.1 Å². The van der Waals surface area contributed by atoms with Crippen molar-refractivity contribution in [3.63, 3.8) is 0 Å². The summed E-state index contributed by atoms with van der Waals surface area (Å²) in [5, 5.41) is 8.95. The molecule has 1 amide bonds. The lowest BCUT2D eigenvalue weighted by molar-refractivity contribution is 0.0737. The zero-order chi connectivity index (χ0) is 17.8. The highest BCUT2D eigenvalue weighted by Gasteiger charge is 2.27. The number of rotatable bonds is 6. The van der Waals surface area contributed by atoms with E-state index in [1.54, 1.807) is 11.0 Å². The number of benzene rings is 1. The van der Waals surface area contributed by atoms with Gasteiger partial charge in [0.05, 0.1) is 5.39 Å². The molecule has 26 heavy (non-hydrogen) atoms. The molecule has 2 heterocycles. The topological polar surface area (TPSA) is 67.2 Å². The van der Waals surface area contributed by atoms with Gasteiger partial charge < -0.3 is 10.2 Å². The Hall–Kier alpha value is -1.92. The summed E-state index contributed by atoms with van der Waals surface area (Å²) in [6, 6.07) is 7.45. The Kier molecular flexibility index (Phi) is 7.17. The molecule has 3 rings (SSSR count). The molecule has 0 bridgehead atoms. The van der Waals surface area contributed by atoms with Crippen LogP contribution >= 0.6 is 12.4 Å². The van der Waals surface area contributed by atoms with Crippen LogP contribution in [-0.2, 0) is 6.54 Å². The molecule has 1 aliphatic rings. The first kappa shape index (κ1) is 20.4. The van der Waals surface area contributed by atoms with Crippen LogP contribution in [0.15, 0.2) is 29.1 Å². The van der Waals surface area contributed by atoms with E-state index in [1.807, 2.05) is 25.2 Å². The molecule has 0 radical (unpaired) electrons. The first-order chi connectivity index (χ1) is 12.1. The van der Waals surface area contributed by atoms with Crippen LogP contribution in [0.3, 0.4) is 0 Å². The average molecular weight is 379 g/mol. The molecule has 1 aromatic carbocycles. The van der Waals surface area contributed by atoms with Gasteiger partial charge in [0, 0.05) is 31.6 Å². The smallest absolute Gasteiger partial charge is 0.274 e. The largest absolute Gasteiger partial charge is 0.336 e. The molecule has 0 aliphatic carbocycles. The normalized spacial score (nSPS) is 16.5. The highest BCUT2D eigenvalue weighted by Crippen LogP contribution is 2.17. The second-order valence-electron chi connectivity index (χ2n) is 6.69. The summed E-state index contributed by atoms with van der Waals surface area (Å²) in [7, 11) is 1.82. The number of nitrogens with one attached hydrogen (secondary N) is 1. The summed E-state index contributed by atoms with van der Waals surface area (Å²) >= 11 is 0. The van der Waals surface area contributed by atoms with Gasteiger partial charge >= 0.3 is 0 Å². The number of hydrogen-bond acceptors (Lipinski definition) is 4. The van der Waals surface area contributed by atoms with Crippen LogP contribution in [-0.4, -0.2) is 46.8 Å². The molecular weight excluding hydrogens is 352 g/mol. The molecule has 1 aromatic heterocycles. The highest BCUT2D eigenvalue weighted by atomic mass is 35.5. The maximum absolute atomic E-state index is 13.1. The van der Waals surface area contributed by atoms with Gasteiger partial charge in [-0.1, -0.05) is 38.0 Å². The van der Waals surface area contributed by atoms with Crippen LogP contribution in [0.5, 0.6) is 0 Å². The van der Waals surface area contributed by atoms with Crippen molar-refractivity contribution in [3.8, 4) is 0 Å². The van der Waals surface area contributed by atoms with Gasteiger partial charge in [0.25, 0.3) is 11.5 Å². The fourth-order valence-electron chi connectivity index (χ4n) is 3.36. The van der Waals surface area contributed by atoms with E-state index in [4.69, 9.17) is 0 Å². The van der Waals surface area contributed by atoms with Crippen LogP contribution in [0.4, 0.5) is 0 Å². The summed E-state index contributed by atoms with van der Waals surface area (Å²) in [6.45, 7) is 4.39. The van der Waals surface area contributed by atoms with E-state index < -0.39 is 0 Å². The Labute approximate surface area is 160 Å². The number of carbonyl (C=O) groups excluding carboxylic acids is 1. The molecular formula is C19H27ClN4O2. The van der Waals surface area contributed by atoms with E-state index in [1.165, 1.54) is 4.68 Å². The van der Waals surface area contributed by atoms with Gasteiger partial charge in [-0.3, -0.25) is 9.59 Å². The minimum Gasteiger partial charge on any atom is -0.336 e. The number of unbranched alkanes of at least 4 members (excludes halogenated alkanes) is 2. The molecule has 0 saturated carbocycles. The Balaban J connectivity index is 0.00000243. The molecule has 1 fully saturated rings. The highest BCUT2D eigenvalue weighted by molar-refractivity contribution is 6.04. The van der Waals surface area contributed by atoms with Gasteiger partial charge in [0.1, 0.15) is 0 Å². The van der Waals surface area contributed by atoms with E-state index in [-0.39, 0.29) is 29.9 Å².